The monoisotopic (exact) mass is 224 g/mol. The topological polar surface area (TPSA) is 15.3 Å². The summed E-state index contributed by atoms with van der Waals surface area (Å²) in [6.45, 7) is 11.0. The van der Waals surface area contributed by atoms with Gasteiger partial charge in [0.1, 0.15) is 0 Å². The summed E-state index contributed by atoms with van der Waals surface area (Å²) in [6.07, 6.45) is 9.87. The summed E-state index contributed by atoms with van der Waals surface area (Å²) in [5, 5.41) is 3.50. The molecule has 0 aliphatic carbocycles. The zero-order valence-electron chi connectivity index (χ0n) is 10.9. The first-order valence-electron chi connectivity index (χ1n) is 6.90. The summed E-state index contributed by atoms with van der Waals surface area (Å²) < 4.78 is 0. The molecule has 2 nitrogen and oxygen atoms in total. The van der Waals surface area contributed by atoms with E-state index in [1.807, 2.05) is 6.08 Å². The fourth-order valence-corrected chi connectivity index (χ4v) is 2.39. The number of rotatable bonds is 8. The molecule has 0 aromatic rings. The van der Waals surface area contributed by atoms with Crippen LogP contribution in [0.1, 0.15) is 45.4 Å². The van der Waals surface area contributed by atoms with Gasteiger partial charge < -0.3 is 10.2 Å². The maximum Gasteiger partial charge on any atom is 0.00669 e. The highest BCUT2D eigenvalue weighted by atomic mass is 15.2. The average Bonchev–Trinajstić information content (AvgIpc) is 2.30. The van der Waals surface area contributed by atoms with E-state index < -0.39 is 0 Å². The van der Waals surface area contributed by atoms with Crippen LogP contribution in [0, 0.1) is 0 Å². The Morgan fingerprint density at radius 3 is 2.88 bits per heavy atom. The molecule has 1 unspecified atom stereocenters. The number of hydrogen-bond donors (Lipinski definition) is 1. The van der Waals surface area contributed by atoms with Gasteiger partial charge in [0.25, 0.3) is 0 Å². The van der Waals surface area contributed by atoms with Crippen LogP contribution in [0.2, 0.25) is 0 Å². The lowest BCUT2D eigenvalue weighted by Crippen LogP contribution is -2.38. The first kappa shape index (κ1) is 13.7. The smallest absolute Gasteiger partial charge is 0.00669 e. The molecular formula is C14H28N2. The zero-order chi connectivity index (χ0) is 11.6. The molecule has 1 saturated heterocycles. The van der Waals surface area contributed by atoms with Crippen LogP contribution in [-0.2, 0) is 0 Å². The fourth-order valence-electron chi connectivity index (χ4n) is 2.39. The molecule has 2 heteroatoms. The zero-order valence-corrected chi connectivity index (χ0v) is 10.9. The summed E-state index contributed by atoms with van der Waals surface area (Å²) in [5.74, 6) is 0. The van der Waals surface area contributed by atoms with E-state index >= 15 is 0 Å². The lowest BCUT2D eigenvalue weighted by atomic mass is 10.0. The summed E-state index contributed by atoms with van der Waals surface area (Å²) in [4.78, 5) is 2.65. The molecule has 0 aromatic carbocycles. The van der Waals surface area contributed by atoms with Gasteiger partial charge in [0.05, 0.1) is 0 Å². The van der Waals surface area contributed by atoms with Crippen LogP contribution in [0.4, 0.5) is 0 Å². The Morgan fingerprint density at radius 1 is 1.31 bits per heavy atom. The molecule has 1 heterocycles. The standard InChI is InChI=1S/C14H28N2/c1-3-4-6-10-15-11-8-13-16-12-7-5-9-14(16)2/h3,14-15H,1,4-13H2,2H3. The second-order valence-electron chi connectivity index (χ2n) is 4.92. The molecule has 0 aromatic heterocycles. The molecule has 0 bridgehead atoms. The third-order valence-electron chi connectivity index (χ3n) is 3.50. The number of hydrogen-bond acceptors (Lipinski definition) is 2. The Morgan fingerprint density at radius 2 is 2.12 bits per heavy atom. The SMILES string of the molecule is C=CCCCNCCCN1CCCCC1C. The van der Waals surface area contributed by atoms with Crippen molar-refractivity contribution in [1.29, 1.82) is 0 Å². The third kappa shape index (κ3) is 5.66. The lowest BCUT2D eigenvalue weighted by molar-refractivity contribution is 0.159. The van der Waals surface area contributed by atoms with Crippen molar-refractivity contribution in [2.24, 2.45) is 0 Å². The van der Waals surface area contributed by atoms with Crippen molar-refractivity contribution < 1.29 is 0 Å². The Hall–Kier alpha value is -0.340. The minimum Gasteiger partial charge on any atom is -0.317 e. The van der Waals surface area contributed by atoms with Crippen LogP contribution >= 0.6 is 0 Å². The van der Waals surface area contributed by atoms with Crippen LogP contribution in [0.25, 0.3) is 0 Å². The van der Waals surface area contributed by atoms with Crippen molar-refractivity contribution in [3.63, 3.8) is 0 Å². The number of allylic oxidation sites excluding steroid dienone is 1. The van der Waals surface area contributed by atoms with Gasteiger partial charge in [0.15, 0.2) is 0 Å². The molecule has 94 valence electrons. The summed E-state index contributed by atoms with van der Waals surface area (Å²) in [7, 11) is 0. The van der Waals surface area contributed by atoms with E-state index in [-0.39, 0.29) is 0 Å². The molecular weight excluding hydrogens is 196 g/mol. The van der Waals surface area contributed by atoms with Crippen LogP contribution in [0.3, 0.4) is 0 Å². The quantitative estimate of drug-likeness (QED) is 0.504. The van der Waals surface area contributed by atoms with Crippen LogP contribution in [0.5, 0.6) is 0 Å². The van der Waals surface area contributed by atoms with Crippen molar-refractivity contribution >= 4 is 0 Å². The normalized spacial score (nSPS) is 22.2. The second kappa shape index (κ2) is 8.77. The van der Waals surface area contributed by atoms with Crippen LogP contribution < -0.4 is 5.32 Å². The predicted octanol–water partition coefficient (Wildman–Crippen LogP) is 2.81. The number of unbranched alkanes of at least 4 members (excludes halogenated alkanes) is 1. The molecule has 1 N–H and O–H groups in total. The van der Waals surface area contributed by atoms with Crippen molar-refractivity contribution in [1.82, 2.24) is 10.2 Å². The molecule has 0 spiro atoms. The first-order chi connectivity index (χ1) is 7.84. The van der Waals surface area contributed by atoms with Gasteiger partial charge in [-0.2, -0.15) is 0 Å². The highest BCUT2D eigenvalue weighted by Crippen LogP contribution is 2.15. The molecule has 16 heavy (non-hydrogen) atoms. The van der Waals surface area contributed by atoms with Gasteiger partial charge in [0, 0.05) is 6.04 Å². The maximum atomic E-state index is 3.73. The number of piperidine rings is 1. The Balaban J connectivity index is 1.91. The van der Waals surface area contributed by atoms with E-state index in [0.717, 1.165) is 19.0 Å². The summed E-state index contributed by atoms with van der Waals surface area (Å²) in [6, 6.07) is 0.814. The van der Waals surface area contributed by atoms with Crippen molar-refractivity contribution in [3.05, 3.63) is 12.7 Å². The molecule has 1 fully saturated rings. The van der Waals surface area contributed by atoms with Gasteiger partial charge in [-0.05, 0) is 65.2 Å². The highest BCUT2D eigenvalue weighted by Gasteiger charge is 2.16. The first-order valence-corrected chi connectivity index (χ1v) is 6.90. The average molecular weight is 224 g/mol. The predicted molar refractivity (Wildman–Crippen MR) is 71.8 cm³/mol. The van der Waals surface area contributed by atoms with Crippen LogP contribution in [-0.4, -0.2) is 37.1 Å². The van der Waals surface area contributed by atoms with Gasteiger partial charge in [0.2, 0.25) is 0 Å². The molecule has 0 amide bonds. The largest absolute Gasteiger partial charge is 0.317 e. The molecule has 1 aliphatic rings. The Labute approximate surface area is 101 Å². The van der Waals surface area contributed by atoms with E-state index in [4.69, 9.17) is 0 Å². The van der Waals surface area contributed by atoms with Gasteiger partial charge in [-0.25, -0.2) is 0 Å². The highest BCUT2D eigenvalue weighted by molar-refractivity contribution is 4.73. The van der Waals surface area contributed by atoms with Gasteiger partial charge in [-0.3, -0.25) is 0 Å². The Kier molecular flexibility index (Phi) is 7.52. The molecule has 0 radical (unpaired) electrons. The fraction of sp³-hybridized carbons (Fsp3) is 0.857. The maximum absolute atomic E-state index is 3.73. The Bertz CT molecular complexity index is 180. The summed E-state index contributed by atoms with van der Waals surface area (Å²) in [5.41, 5.74) is 0. The van der Waals surface area contributed by atoms with E-state index in [0.29, 0.717) is 0 Å². The van der Waals surface area contributed by atoms with Crippen molar-refractivity contribution in [2.75, 3.05) is 26.2 Å². The van der Waals surface area contributed by atoms with Crippen molar-refractivity contribution in [3.8, 4) is 0 Å². The minimum absolute atomic E-state index is 0.814. The lowest BCUT2D eigenvalue weighted by Gasteiger charge is -2.33. The number of nitrogens with one attached hydrogen (secondary N) is 1. The van der Waals surface area contributed by atoms with E-state index in [9.17, 15) is 0 Å². The molecule has 1 atom stereocenters. The third-order valence-corrected chi connectivity index (χ3v) is 3.50. The van der Waals surface area contributed by atoms with E-state index in [1.54, 1.807) is 0 Å². The molecule has 1 aliphatic heterocycles. The van der Waals surface area contributed by atoms with Crippen molar-refractivity contribution in [2.45, 2.75) is 51.5 Å². The second-order valence-corrected chi connectivity index (χ2v) is 4.92. The molecule has 1 rings (SSSR count). The van der Waals surface area contributed by atoms with Gasteiger partial charge >= 0.3 is 0 Å². The number of nitrogens with zero attached hydrogens (tertiary/aromatic N) is 1. The van der Waals surface area contributed by atoms with Gasteiger partial charge in [-0.15, -0.1) is 6.58 Å². The van der Waals surface area contributed by atoms with Crippen LogP contribution in [0.15, 0.2) is 12.7 Å². The minimum atomic E-state index is 0.814. The van der Waals surface area contributed by atoms with E-state index in [1.165, 1.54) is 51.7 Å². The molecule has 0 saturated carbocycles. The van der Waals surface area contributed by atoms with E-state index in [2.05, 4.69) is 23.7 Å². The summed E-state index contributed by atoms with van der Waals surface area (Å²) >= 11 is 0. The van der Waals surface area contributed by atoms with Gasteiger partial charge in [-0.1, -0.05) is 12.5 Å². The number of likely N-dealkylation sites (tertiary alicyclic amines) is 1.